The van der Waals surface area contributed by atoms with Crippen molar-refractivity contribution in [3.8, 4) is 0 Å². The van der Waals surface area contributed by atoms with E-state index in [4.69, 9.17) is 9.47 Å². The number of nitrogens with one attached hydrogen (secondary N) is 3. The molecule has 0 spiro atoms. The Labute approximate surface area is 289 Å². The van der Waals surface area contributed by atoms with Gasteiger partial charge in [0, 0.05) is 44.6 Å². The van der Waals surface area contributed by atoms with Crippen LogP contribution in [0.25, 0.3) is 0 Å². The second kappa shape index (κ2) is 16.1. The number of allylic oxidation sites excluding steroid dienone is 1. The Morgan fingerprint density at radius 2 is 1.82 bits per heavy atom. The lowest BCUT2D eigenvalue weighted by molar-refractivity contribution is -0.136. The number of benzene rings is 1. The van der Waals surface area contributed by atoms with Crippen molar-refractivity contribution in [2.75, 3.05) is 46.2 Å². The molecule has 1 aromatic heterocycles. The first kappa shape index (κ1) is 36.8. The SMILES string of the molecule is CON(C)C(=O)N[C@@H](C(=O)N1CCN(C)[C@H](C)C1)[C@@H](C)c1ccc(NC(=O)[C@@H](NC(=O)c2nonc2C2CC2)C2CCC(=CF)CC2)c(F)c1. The summed E-state index contributed by atoms with van der Waals surface area (Å²) in [6, 6.07) is 1.53. The summed E-state index contributed by atoms with van der Waals surface area (Å²) in [7, 11) is 4.71. The topological polar surface area (TPSA) is 162 Å². The minimum Gasteiger partial charge on any atom is -0.338 e. The Kier molecular flexibility index (Phi) is 11.8. The summed E-state index contributed by atoms with van der Waals surface area (Å²) >= 11 is 0. The summed E-state index contributed by atoms with van der Waals surface area (Å²) in [6.07, 6.45) is 4.00. The molecule has 0 bridgehead atoms. The molecule has 16 heteroatoms. The van der Waals surface area contributed by atoms with Gasteiger partial charge in [0.05, 0.1) is 19.1 Å². The lowest BCUT2D eigenvalue weighted by atomic mass is 9.81. The van der Waals surface area contributed by atoms with Gasteiger partial charge in [-0.05, 0) is 86.8 Å². The van der Waals surface area contributed by atoms with Crippen LogP contribution in [-0.4, -0.2) is 108 Å². The average molecular weight is 701 g/mol. The van der Waals surface area contributed by atoms with Crippen LogP contribution in [0.3, 0.4) is 0 Å². The van der Waals surface area contributed by atoms with Crippen LogP contribution >= 0.6 is 0 Å². The Morgan fingerprint density at radius 1 is 1.10 bits per heavy atom. The predicted octanol–water partition coefficient (Wildman–Crippen LogP) is 3.70. The van der Waals surface area contributed by atoms with Gasteiger partial charge in [0.15, 0.2) is 5.69 Å². The number of carbonyl (C=O) groups excluding carboxylic acids is 4. The van der Waals surface area contributed by atoms with E-state index in [1.54, 1.807) is 17.9 Å². The van der Waals surface area contributed by atoms with Crippen molar-refractivity contribution in [1.82, 2.24) is 35.8 Å². The van der Waals surface area contributed by atoms with Crippen molar-refractivity contribution < 1.29 is 37.4 Å². The number of hydrogen-bond donors (Lipinski definition) is 3. The molecule has 0 radical (unpaired) electrons. The first-order valence-electron chi connectivity index (χ1n) is 17.0. The zero-order valence-corrected chi connectivity index (χ0v) is 29.1. The zero-order chi connectivity index (χ0) is 36.1. The molecule has 3 aliphatic rings. The number of nitrogens with zero attached hydrogens (tertiary/aromatic N) is 5. The van der Waals surface area contributed by atoms with Crippen molar-refractivity contribution in [3.05, 3.63) is 52.9 Å². The average Bonchev–Trinajstić information content (AvgIpc) is 3.85. The molecule has 5 rings (SSSR count). The summed E-state index contributed by atoms with van der Waals surface area (Å²) < 4.78 is 33.8. The minimum atomic E-state index is -1.08. The number of carbonyl (C=O) groups is 4. The zero-order valence-electron chi connectivity index (χ0n) is 29.1. The van der Waals surface area contributed by atoms with Crippen LogP contribution in [0.1, 0.15) is 86.0 Å². The van der Waals surface area contributed by atoms with Crippen molar-refractivity contribution in [2.45, 2.75) is 82.3 Å². The number of halogens is 2. The molecule has 4 atom stereocenters. The van der Waals surface area contributed by atoms with Gasteiger partial charge >= 0.3 is 6.03 Å². The Hall–Kier alpha value is -4.44. The highest BCUT2D eigenvalue weighted by molar-refractivity contribution is 6.01. The van der Waals surface area contributed by atoms with E-state index < -0.39 is 41.7 Å². The first-order chi connectivity index (χ1) is 23.9. The summed E-state index contributed by atoms with van der Waals surface area (Å²) in [5.41, 5.74) is 1.35. The van der Waals surface area contributed by atoms with Gasteiger partial charge < -0.3 is 25.8 Å². The normalized spacial score (nSPS) is 21.5. The summed E-state index contributed by atoms with van der Waals surface area (Å²) in [4.78, 5) is 62.5. The van der Waals surface area contributed by atoms with Gasteiger partial charge in [0.25, 0.3) is 5.91 Å². The largest absolute Gasteiger partial charge is 0.341 e. The van der Waals surface area contributed by atoms with E-state index >= 15 is 4.39 Å². The quantitative estimate of drug-likeness (QED) is 0.297. The van der Waals surface area contributed by atoms with Crippen LogP contribution in [-0.2, 0) is 14.4 Å². The van der Waals surface area contributed by atoms with Gasteiger partial charge in [-0.2, -0.15) is 0 Å². The monoisotopic (exact) mass is 700 g/mol. The van der Waals surface area contributed by atoms with Crippen LogP contribution in [0, 0.1) is 11.7 Å². The highest BCUT2D eigenvalue weighted by atomic mass is 19.1. The number of urea groups is 1. The maximum Gasteiger partial charge on any atom is 0.341 e. The molecule has 2 aliphatic carbocycles. The third-order valence-corrected chi connectivity index (χ3v) is 10.2. The van der Waals surface area contributed by atoms with E-state index in [1.807, 2.05) is 14.0 Å². The Bertz CT molecular complexity index is 1590. The number of hydroxylamine groups is 2. The number of aromatic nitrogens is 2. The number of likely N-dealkylation sites (N-methyl/N-ethyl adjacent to an activating group) is 1. The summed E-state index contributed by atoms with van der Waals surface area (Å²) in [6.45, 7) is 5.32. The number of hydrogen-bond acceptors (Lipinski definition) is 9. The fourth-order valence-corrected chi connectivity index (χ4v) is 6.51. The van der Waals surface area contributed by atoms with Crippen LogP contribution in [0.15, 0.2) is 34.7 Å². The molecule has 5 amide bonds. The molecular weight excluding hydrogens is 654 g/mol. The van der Waals surface area contributed by atoms with Gasteiger partial charge in [-0.25, -0.2) is 23.3 Å². The molecule has 3 fully saturated rings. The number of anilines is 1. The number of piperazine rings is 1. The summed E-state index contributed by atoms with van der Waals surface area (Å²) in [5.74, 6) is -3.30. The number of amides is 5. The van der Waals surface area contributed by atoms with Gasteiger partial charge in [-0.1, -0.05) is 18.1 Å². The lowest BCUT2D eigenvalue weighted by Gasteiger charge is -2.40. The van der Waals surface area contributed by atoms with Crippen molar-refractivity contribution in [3.63, 3.8) is 0 Å². The molecule has 50 heavy (non-hydrogen) atoms. The molecule has 2 saturated carbocycles. The van der Waals surface area contributed by atoms with E-state index in [2.05, 4.69) is 31.2 Å². The minimum absolute atomic E-state index is 0.00823. The second-order valence-corrected chi connectivity index (χ2v) is 13.6. The smallest absolute Gasteiger partial charge is 0.338 e. The lowest BCUT2D eigenvalue weighted by Crippen LogP contribution is -2.59. The standard InChI is InChI=1S/C34H46F2N8O6/c1-19-18-44(15-14-42(19)3)33(47)27(39-34(48)43(4)49-5)20(2)24-12-13-26(25(36)16-24)37-31(45)29(23-8-6-21(17-35)7-9-23)38-32(46)30-28(22-10-11-22)40-50-41-30/h12-13,16-17,19-20,22-23,27,29H,6-11,14-15,18H2,1-5H3,(H,37,45)(H,38,46)(H,39,48)/t19-,20+,23?,27-,29+/m1/s1. The summed E-state index contributed by atoms with van der Waals surface area (Å²) in [5, 5.41) is 16.7. The molecular formula is C34H46F2N8O6. The van der Waals surface area contributed by atoms with Gasteiger partial charge in [0.2, 0.25) is 11.8 Å². The second-order valence-electron chi connectivity index (χ2n) is 13.6. The molecule has 1 aliphatic heterocycles. The van der Waals surface area contributed by atoms with E-state index in [0.29, 0.717) is 68.5 Å². The van der Waals surface area contributed by atoms with E-state index in [1.165, 1.54) is 26.3 Å². The van der Waals surface area contributed by atoms with Crippen molar-refractivity contribution >= 4 is 29.4 Å². The molecule has 272 valence electrons. The number of rotatable bonds is 11. The maximum atomic E-state index is 15.8. The predicted molar refractivity (Wildman–Crippen MR) is 178 cm³/mol. The van der Waals surface area contributed by atoms with Crippen LogP contribution in [0.4, 0.5) is 19.3 Å². The Balaban J connectivity index is 1.34. The van der Waals surface area contributed by atoms with Crippen LogP contribution in [0.5, 0.6) is 0 Å². The van der Waals surface area contributed by atoms with Gasteiger partial charge in [-0.15, -0.1) is 0 Å². The molecule has 0 unspecified atom stereocenters. The van der Waals surface area contributed by atoms with Crippen LogP contribution < -0.4 is 16.0 Å². The highest BCUT2D eigenvalue weighted by Crippen LogP contribution is 2.40. The third kappa shape index (κ3) is 8.46. The first-order valence-corrected chi connectivity index (χ1v) is 17.0. The van der Waals surface area contributed by atoms with E-state index in [0.717, 1.165) is 17.9 Å². The van der Waals surface area contributed by atoms with Gasteiger partial charge in [0.1, 0.15) is 23.6 Å². The molecule has 3 N–H and O–H groups in total. The Morgan fingerprint density at radius 3 is 2.44 bits per heavy atom. The fraction of sp³-hybridized carbons (Fsp3) is 0.588. The third-order valence-electron chi connectivity index (χ3n) is 10.2. The van der Waals surface area contributed by atoms with Crippen molar-refractivity contribution in [1.29, 1.82) is 0 Å². The van der Waals surface area contributed by atoms with Crippen LogP contribution in [0.2, 0.25) is 0 Å². The molecule has 2 aromatic rings. The molecule has 1 saturated heterocycles. The van der Waals surface area contributed by atoms with Crippen molar-refractivity contribution in [2.24, 2.45) is 5.92 Å². The highest BCUT2D eigenvalue weighted by Gasteiger charge is 2.38. The molecule has 14 nitrogen and oxygen atoms in total. The fourth-order valence-electron chi connectivity index (χ4n) is 6.51. The van der Waals surface area contributed by atoms with E-state index in [9.17, 15) is 23.6 Å². The molecule has 1 aromatic carbocycles. The van der Waals surface area contributed by atoms with E-state index in [-0.39, 0.29) is 35.2 Å². The maximum absolute atomic E-state index is 15.8. The molecule has 2 heterocycles. The van der Waals surface area contributed by atoms with Gasteiger partial charge in [-0.3, -0.25) is 19.2 Å².